The van der Waals surface area contributed by atoms with Crippen molar-refractivity contribution in [3.05, 3.63) is 34.9 Å². The van der Waals surface area contributed by atoms with Gasteiger partial charge in [0.1, 0.15) is 0 Å². The molecule has 0 aromatic heterocycles. The lowest BCUT2D eigenvalue weighted by Gasteiger charge is -2.22. The minimum Gasteiger partial charge on any atom is -0.466 e. The molecule has 1 aliphatic rings. The van der Waals surface area contributed by atoms with Crippen molar-refractivity contribution in [2.75, 3.05) is 6.61 Å². The molecule has 0 N–H and O–H groups in total. The molecular formula is C14H13NO3. The average molecular weight is 243 g/mol. The number of Topliss-reactive ketones (excluding diaryl/α,β-unsaturated/α-hetero) is 1. The maximum Gasteiger partial charge on any atom is 0.309 e. The van der Waals surface area contributed by atoms with Crippen LogP contribution in [0.25, 0.3) is 0 Å². The summed E-state index contributed by atoms with van der Waals surface area (Å²) in [5, 5.41) is 8.80. The predicted molar refractivity (Wildman–Crippen MR) is 63.9 cm³/mol. The molecule has 92 valence electrons. The van der Waals surface area contributed by atoms with Crippen LogP contribution in [-0.4, -0.2) is 18.4 Å². The summed E-state index contributed by atoms with van der Waals surface area (Å²) in [5.74, 6) is -0.801. The molecule has 0 bridgehead atoms. The number of nitrogens with zero attached hydrogens (tertiary/aromatic N) is 1. The topological polar surface area (TPSA) is 67.2 Å². The first kappa shape index (κ1) is 12.3. The van der Waals surface area contributed by atoms with Gasteiger partial charge in [0.15, 0.2) is 5.78 Å². The van der Waals surface area contributed by atoms with Gasteiger partial charge in [-0.05, 0) is 31.0 Å². The van der Waals surface area contributed by atoms with Crippen molar-refractivity contribution in [3.63, 3.8) is 0 Å². The summed E-state index contributed by atoms with van der Waals surface area (Å²) < 4.78 is 4.95. The molecule has 0 saturated carbocycles. The van der Waals surface area contributed by atoms with Gasteiger partial charge in [0.2, 0.25) is 0 Å². The number of nitriles is 1. The second-order valence-corrected chi connectivity index (χ2v) is 4.26. The van der Waals surface area contributed by atoms with Crippen LogP contribution in [0, 0.1) is 17.2 Å². The fourth-order valence-corrected chi connectivity index (χ4v) is 2.18. The van der Waals surface area contributed by atoms with E-state index < -0.39 is 5.92 Å². The van der Waals surface area contributed by atoms with Crippen LogP contribution >= 0.6 is 0 Å². The van der Waals surface area contributed by atoms with Crippen molar-refractivity contribution >= 4 is 11.8 Å². The van der Waals surface area contributed by atoms with Crippen LogP contribution in [0.3, 0.4) is 0 Å². The Morgan fingerprint density at radius 2 is 2.28 bits per heavy atom. The first-order valence-electron chi connectivity index (χ1n) is 5.88. The van der Waals surface area contributed by atoms with E-state index in [2.05, 4.69) is 0 Å². The summed E-state index contributed by atoms with van der Waals surface area (Å²) in [5.41, 5.74) is 1.86. The smallest absolute Gasteiger partial charge is 0.309 e. The summed E-state index contributed by atoms with van der Waals surface area (Å²) >= 11 is 0. The van der Waals surface area contributed by atoms with Crippen molar-refractivity contribution in [1.82, 2.24) is 0 Å². The Morgan fingerprint density at radius 1 is 1.50 bits per heavy atom. The maximum atomic E-state index is 12.0. The molecule has 0 amide bonds. The number of ether oxygens (including phenoxy) is 1. The highest BCUT2D eigenvalue weighted by Crippen LogP contribution is 2.27. The summed E-state index contributed by atoms with van der Waals surface area (Å²) in [6.07, 6.45) is 0.673. The molecule has 1 aliphatic carbocycles. The van der Waals surface area contributed by atoms with Crippen molar-refractivity contribution in [2.45, 2.75) is 19.8 Å². The highest BCUT2D eigenvalue weighted by atomic mass is 16.5. The third kappa shape index (κ3) is 2.25. The average Bonchev–Trinajstić information content (AvgIpc) is 2.38. The molecule has 0 radical (unpaired) electrons. The molecule has 4 heteroatoms. The van der Waals surface area contributed by atoms with E-state index in [0.717, 1.165) is 5.56 Å². The van der Waals surface area contributed by atoms with E-state index in [4.69, 9.17) is 10.00 Å². The zero-order chi connectivity index (χ0) is 13.1. The van der Waals surface area contributed by atoms with Crippen LogP contribution in [-0.2, 0) is 16.0 Å². The fraction of sp³-hybridized carbons (Fsp3) is 0.357. The first-order valence-corrected chi connectivity index (χ1v) is 5.88. The van der Waals surface area contributed by atoms with Gasteiger partial charge < -0.3 is 4.74 Å². The minimum absolute atomic E-state index is 0.0913. The largest absolute Gasteiger partial charge is 0.466 e. The number of carbonyl (C=O) groups is 2. The van der Waals surface area contributed by atoms with E-state index in [1.54, 1.807) is 25.1 Å². The third-order valence-electron chi connectivity index (χ3n) is 3.06. The van der Waals surface area contributed by atoms with Crippen LogP contribution in [0.1, 0.15) is 34.8 Å². The molecule has 18 heavy (non-hydrogen) atoms. The molecule has 0 heterocycles. The lowest BCUT2D eigenvalue weighted by atomic mass is 9.82. The molecule has 2 rings (SSSR count). The quantitative estimate of drug-likeness (QED) is 0.743. The zero-order valence-electron chi connectivity index (χ0n) is 10.1. The van der Waals surface area contributed by atoms with Gasteiger partial charge in [-0.15, -0.1) is 0 Å². The van der Waals surface area contributed by atoms with Gasteiger partial charge in [-0.3, -0.25) is 9.59 Å². The molecule has 1 atom stereocenters. The second-order valence-electron chi connectivity index (χ2n) is 4.26. The van der Waals surface area contributed by atoms with E-state index in [0.29, 0.717) is 24.2 Å². The summed E-state index contributed by atoms with van der Waals surface area (Å²) in [6, 6.07) is 7.02. The summed E-state index contributed by atoms with van der Waals surface area (Å²) in [4.78, 5) is 23.6. The lowest BCUT2D eigenvalue weighted by molar-refractivity contribution is -0.148. The number of esters is 1. The minimum atomic E-state index is -0.391. The Kier molecular flexibility index (Phi) is 3.42. The zero-order valence-corrected chi connectivity index (χ0v) is 10.1. The summed E-state index contributed by atoms with van der Waals surface area (Å²) in [7, 11) is 0. The number of rotatable bonds is 2. The number of benzene rings is 1. The second kappa shape index (κ2) is 5.01. The molecule has 0 fully saturated rings. The maximum absolute atomic E-state index is 12.0. The predicted octanol–water partition coefficient (Wildman–Crippen LogP) is 1.87. The Hall–Kier alpha value is -2.15. The molecule has 0 spiro atoms. The number of hydrogen-bond acceptors (Lipinski definition) is 4. The first-order chi connectivity index (χ1) is 8.65. The molecule has 1 aromatic carbocycles. The van der Waals surface area contributed by atoms with E-state index in [1.165, 1.54) is 0 Å². The Balaban J connectivity index is 2.27. The van der Waals surface area contributed by atoms with Gasteiger partial charge in [-0.25, -0.2) is 0 Å². The summed E-state index contributed by atoms with van der Waals surface area (Å²) in [6.45, 7) is 2.07. The van der Waals surface area contributed by atoms with E-state index in [9.17, 15) is 9.59 Å². The van der Waals surface area contributed by atoms with E-state index in [-0.39, 0.29) is 18.2 Å². The van der Waals surface area contributed by atoms with Crippen LogP contribution in [0.15, 0.2) is 18.2 Å². The van der Waals surface area contributed by atoms with Crippen molar-refractivity contribution in [3.8, 4) is 6.07 Å². The normalized spacial score (nSPS) is 17.8. The van der Waals surface area contributed by atoms with Gasteiger partial charge in [-0.2, -0.15) is 5.26 Å². The van der Waals surface area contributed by atoms with Crippen molar-refractivity contribution in [1.29, 1.82) is 5.26 Å². The molecular weight excluding hydrogens is 230 g/mol. The van der Waals surface area contributed by atoms with Crippen LogP contribution in [0.4, 0.5) is 0 Å². The Morgan fingerprint density at radius 3 is 2.94 bits per heavy atom. The Bertz CT molecular complexity index is 542. The van der Waals surface area contributed by atoms with Gasteiger partial charge in [0.25, 0.3) is 0 Å². The van der Waals surface area contributed by atoms with Gasteiger partial charge in [0.05, 0.1) is 24.2 Å². The fourth-order valence-electron chi connectivity index (χ4n) is 2.18. The van der Waals surface area contributed by atoms with Crippen LogP contribution < -0.4 is 0 Å². The molecule has 1 unspecified atom stereocenters. The van der Waals surface area contributed by atoms with Crippen LogP contribution in [0.2, 0.25) is 0 Å². The highest BCUT2D eigenvalue weighted by molar-refractivity contribution is 6.01. The van der Waals surface area contributed by atoms with Gasteiger partial charge in [-0.1, -0.05) is 6.07 Å². The van der Waals surface area contributed by atoms with E-state index in [1.807, 2.05) is 6.07 Å². The number of carbonyl (C=O) groups excluding carboxylic acids is 2. The van der Waals surface area contributed by atoms with Gasteiger partial charge >= 0.3 is 5.97 Å². The molecule has 1 aromatic rings. The molecule has 0 saturated heterocycles. The van der Waals surface area contributed by atoms with Crippen molar-refractivity contribution in [2.24, 2.45) is 5.92 Å². The standard InChI is InChI=1S/C14H13NO3/c1-2-18-14(17)11-6-10-4-3-9(8-15)5-12(10)13(16)7-11/h3-5,11H,2,6-7H2,1H3. The van der Waals surface area contributed by atoms with Crippen LogP contribution in [0.5, 0.6) is 0 Å². The molecule has 0 aliphatic heterocycles. The molecule has 4 nitrogen and oxygen atoms in total. The number of fused-ring (bicyclic) bond motifs is 1. The van der Waals surface area contributed by atoms with Crippen molar-refractivity contribution < 1.29 is 14.3 Å². The highest BCUT2D eigenvalue weighted by Gasteiger charge is 2.30. The number of hydrogen-bond donors (Lipinski definition) is 0. The SMILES string of the molecule is CCOC(=O)C1CC(=O)c2cc(C#N)ccc2C1. The third-order valence-corrected chi connectivity index (χ3v) is 3.06. The Labute approximate surface area is 105 Å². The monoisotopic (exact) mass is 243 g/mol. The van der Waals surface area contributed by atoms with E-state index >= 15 is 0 Å². The lowest BCUT2D eigenvalue weighted by Crippen LogP contribution is -2.28. The number of ketones is 1. The van der Waals surface area contributed by atoms with Gasteiger partial charge in [0, 0.05) is 12.0 Å².